The van der Waals surface area contributed by atoms with Gasteiger partial charge >= 0.3 is 0 Å². The molecule has 2 rings (SSSR count). The maximum atomic E-state index is 13.0. The Hall–Kier alpha value is -1.73. The molecule has 0 saturated carbocycles. The SMILES string of the molecule is CCN(CC)S(=O)(=O)c1cc(C(=O)N2CCN(S(=O)(=O)N(C)C)CC2)ccc1OC. The van der Waals surface area contributed by atoms with E-state index < -0.39 is 20.2 Å². The van der Waals surface area contributed by atoms with Gasteiger partial charge in [0.05, 0.1) is 7.11 Å². The van der Waals surface area contributed by atoms with Crippen LogP contribution in [0.2, 0.25) is 0 Å². The van der Waals surface area contributed by atoms with Crippen molar-refractivity contribution in [2.24, 2.45) is 0 Å². The van der Waals surface area contributed by atoms with Gasteiger partial charge in [-0.05, 0) is 18.2 Å². The van der Waals surface area contributed by atoms with Crippen LogP contribution in [0.1, 0.15) is 24.2 Å². The van der Waals surface area contributed by atoms with Crippen LogP contribution in [0.25, 0.3) is 0 Å². The molecule has 0 bridgehead atoms. The lowest BCUT2D eigenvalue weighted by molar-refractivity contribution is 0.0695. The Morgan fingerprint density at radius 3 is 2.07 bits per heavy atom. The molecule has 0 aromatic heterocycles. The van der Waals surface area contributed by atoms with Gasteiger partial charge < -0.3 is 9.64 Å². The highest BCUT2D eigenvalue weighted by Gasteiger charge is 2.32. The van der Waals surface area contributed by atoms with Gasteiger partial charge in [0.1, 0.15) is 10.6 Å². The fourth-order valence-electron chi connectivity index (χ4n) is 3.25. The van der Waals surface area contributed by atoms with Crippen LogP contribution < -0.4 is 4.74 Å². The van der Waals surface area contributed by atoms with E-state index in [2.05, 4.69) is 0 Å². The molecule has 1 aliphatic rings. The summed E-state index contributed by atoms with van der Waals surface area (Å²) < 4.78 is 59.4. The third-order valence-electron chi connectivity index (χ3n) is 5.05. The van der Waals surface area contributed by atoms with Gasteiger partial charge in [0.2, 0.25) is 10.0 Å². The molecule has 1 heterocycles. The number of hydrogen-bond donors (Lipinski definition) is 0. The largest absolute Gasteiger partial charge is 0.495 e. The number of carbonyl (C=O) groups excluding carboxylic acids is 1. The van der Waals surface area contributed by atoms with Gasteiger partial charge in [-0.25, -0.2) is 8.42 Å². The summed E-state index contributed by atoms with van der Waals surface area (Å²) in [4.78, 5) is 14.4. The summed E-state index contributed by atoms with van der Waals surface area (Å²) in [6, 6.07) is 4.32. The van der Waals surface area contributed by atoms with E-state index in [4.69, 9.17) is 4.74 Å². The summed E-state index contributed by atoms with van der Waals surface area (Å²) >= 11 is 0. The molecule has 30 heavy (non-hydrogen) atoms. The van der Waals surface area contributed by atoms with Crippen LogP contribution in [0.4, 0.5) is 0 Å². The molecule has 0 radical (unpaired) electrons. The van der Waals surface area contributed by atoms with Crippen molar-refractivity contribution in [1.82, 2.24) is 17.8 Å². The van der Waals surface area contributed by atoms with Crippen molar-refractivity contribution in [2.45, 2.75) is 18.7 Å². The van der Waals surface area contributed by atoms with Gasteiger partial charge in [0.25, 0.3) is 16.1 Å². The molecule has 170 valence electrons. The maximum absolute atomic E-state index is 13.0. The maximum Gasteiger partial charge on any atom is 0.281 e. The van der Waals surface area contributed by atoms with E-state index in [0.29, 0.717) is 13.1 Å². The molecule has 12 heteroatoms. The number of amides is 1. The summed E-state index contributed by atoms with van der Waals surface area (Å²) in [6.07, 6.45) is 0. The van der Waals surface area contributed by atoms with E-state index in [1.54, 1.807) is 13.8 Å². The van der Waals surface area contributed by atoms with Gasteiger partial charge in [-0.1, -0.05) is 13.8 Å². The van der Waals surface area contributed by atoms with Crippen molar-refractivity contribution in [3.05, 3.63) is 23.8 Å². The molecule has 1 saturated heterocycles. The third kappa shape index (κ3) is 4.78. The monoisotopic (exact) mass is 462 g/mol. The van der Waals surface area contributed by atoms with E-state index in [1.165, 1.54) is 52.9 Å². The van der Waals surface area contributed by atoms with Crippen molar-refractivity contribution in [1.29, 1.82) is 0 Å². The van der Waals surface area contributed by atoms with E-state index in [0.717, 1.165) is 4.31 Å². The molecular formula is C18H30N4O6S2. The van der Waals surface area contributed by atoms with Crippen LogP contribution >= 0.6 is 0 Å². The van der Waals surface area contributed by atoms with Crippen molar-refractivity contribution < 1.29 is 26.4 Å². The number of hydrogen-bond acceptors (Lipinski definition) is 6. The van der Waals surface area contributed by atoms with E-state index >= 15 is 0 Å². The molecule has 1 fully saturated rings. The highest BCUT2D eigenvalue weighted by molar-refractivity contribution is 7.89. The molecule has 0 spiro atoms. The van der Waals surface area contributed by atoms with Gasteiger partial charge in [0.15, 0.2) is 0 Å². The van der Waals surface area contributed by atoms with Crippen LogP contribution in [0.3, 0.4) is 0 Å². The quantitative estimate of drug-likeness (QED) is 0.550. The Bertz CT molecular complexity index is 966. The predicted octanol–water partition coefficient (Wildman–Crippen LogP) is 0.290. The number of nitrogens with zero attached hydrogens (tertiary/aromatic N) is 4. The normalized spacial score (nSPS) is 16.3. The average Bonchev–Trinajstić information content (AvgIpc) is 2.73. The Kier molecular flexibility index (Phi) is 7.85. The van der Waals surface area contributed by atoms with Crippen molar-refractivity contribution >= 4 is 26.1 Å². The summed E-state index contributed by atoms with van der Waals surface area (Å²) in [5, 5.41) is 0. The lowest BCUT2D eigenvalue weighted by Gasteiger charge is -2.35. The van der Waals surface area contributed by atoms with E-state index in [-0.39, 0.29) is 48.3 Å². The Balaban J connectivity index is 2.28. The third-order valence-corrected chi connectivity index (χ3v) is 9.06. The Labute approximate surface area is 179 Å². The Morgan fingerprint density at radius 2 is 1.60 bits per heavy atom. The van der Waals surface area contributed by atoms with Gasteiger partial charge in [-0.15, -0.1) is 0 Å². The fraction of sp³-hybridized carbons (Fsp3) is 0.611. The number of carbonyl (C=O) groups is 1. The topological polar surface area (TPSA) is 108 Å². The van der Waals surface area contributed by atoms with Crippen LogP contribution in [-0.2, 0) is 20.2 Å². The summed E-state index contributed by atoms with van der Waals surface area (Å²) in [5.74, 6) is -0.184. The van der Waals surface area contributed by atoms with Gasteiger partial charge in [0, 0.05) is 58.9 Å². The number of benzene rings is 1. The lowest BCUT2D eigenvalue weighted by Crippen LogP contribution is -2.53. The lowest BCUT2D eigenvalue weighted by atomic mass is 10.1. The second-order valence-electron chi connectivity index (χ2n) is 6.94. The molecule has 0 atom stereocenters. The first-order valence-corrected chi connectivity index (χ1v) is 12.5. The summed E-state index contributed by atoms with van der Waals surface area (Å²) in [6.45, 7) is 4.85. The molecular weight excluding hydrogens is 432 g/mol. The molecule has 1 amide bonds. The van der Waals surface area contributed by atoms with Crippen molar-refractivity contribution in [2.75, 3.05) is 60.5 Å². The zero-order valence-corrected chi connectivity index (χ0v) is 19.7. The Morgan fingerprint density at radius 1 is 1.03 bits per heavy atom. The van der Waals surface area contributed by atoms with E-state index in [1.807, 2.05) is 0 Å². The van der Waals surface area contributed by atoms with Gasteiger partial charge in [-0.3, -0.25) is 4.79 Å². The molecule has 0 unspecified atom stereocenters. The minimum atomic E-state index is -3.82. The van der Waals surface area contributed by atoms with Crippen LogP contribution in [0.15, 0.2) is 23.1 Å². The number of piperazine rings is 1. The predicted molar refractivity (Wildman–Crippen MR) is 113 cm³/mol. The number of methoxy groups -OCH3 is 1. The molecule has 0 N–H and O–H groups in total. The smallest absolute Gasteiger partial charge is 0.281 e. The number of ether oxygens (including phenoxy) is 1. The van der Waals surface area contributed by atoms with Crippen LogP contribution in [0.5, 0.6) is 5.75 Å². The molecule has 1 aliphatic heterocycles. The average molecular weight is 463 g/mol. The highest BCUT2D eigenvalue weighted by Crippen LogP contribution is 2.28. The minimum Gasteiger partial charge on any atom is -0.495 e. The zero-order valence-electron chi connectivity index (χ0n) is 18.0. The number of rotatable bonds is 8. The van der Waals surface area contributed by atoms with Gasteiger partial charge in [-0.2, -0.15) is 21.3 Å². The van der Waals surface area contributed by atoms with Crippen molar-refractivity contribution in [3.63, 3.8) is 0 Å². The first-order chi connectivity index (χ1) is 14.0. The molecule has 0 aliphatic carbocycles. The molecule has 1 aromatic rings. The molecule has 10 nitrogen and oxygen atoms in total. The second-order valence-corrected chi connectivity index (χ2v) is 11.0. The summed E-state index contributed by atoms with van der Waals surface area (Å²) in [7, 11) is -3.06. The second kappa shape index (κ2) is 9.60. The first-order valence-electron chi connectivity index (χ1n) is 9.65. The first kappa shape index (κ1) is 24.5. The van der Waals surface area contributed by atoms with E-state index in [9.17, 15) is 21.6 Å². The highest BCUT2D eigenvalue weighted by atomic mass is 32.2. The van der Waals surface area contributed by atoms with Crippen LogP contribution in [0, 0.1) is 0 Å². The number of sulfonamides is 1. The zero-order chi connectivity index (χ0) is 22.7. The minimum absolute atomic E-state index is 0.0617. The van der Waals surface area contributed by atoms with Crippen molar-refractivity contribution in [3.8, 4) is 5.75 Å². The molecule has 1 aromatic carbocycles. The standard InChI is InChI=1S/C18H30N4O6S2/c1-6-21(7-2)29(24,25)17-14-15(8-9-16(17)28-5)18(23)20-10-12-22(13-11-20)30(26,27)19(3)4/h8-9,14H,6-7,10-13H2,1-5H3. The summed E-state index contributed by atoms with van der Waals surface area (Å²) in [5.41, 5.74) is 0.213. The fourth-order valence-corrected chi connectivity index (χ4v) is 5.98. The van der Waals surface area contributed by atoms with Crippen LogP contribution in [-0.4, -0.2) is 101 Å².